The third-order valence-electron chi connectivity index (χ3n) is 5.51. The Morgan fingerprint density at radius 1 is 1.17 bits per heavy atom. The Hall–Kier alpha value is -3.39. The summed E-state index contributed by atoms with van der Waals surface area (Å²) in [6, 6.07) is 7.65. The van der Waals surface area contributed by atoms with E-state index in [-0.39, 0.29) is 6.04 Å². The molecule has 0 amide bonds. The first-order valence-corrected chi connectivity index (χ1v) is 9.89. The van der Waals surface area contributed by atoms with Crippen LogP contribution in [0.3, 0.4) is 0 Å². The lowest BCUT2D eigenvalue weighted by Crippen LogP contribution is -2.44. The molecule has 1 fully saturated rings. The van der Waals surface area contributed by atoms with Gasteiger partial charge in [0.25, 0.3) is 0 Å². The van der Waals surface area contributed by atoms with Gasteiger partial charge in [0, 0.05) is 36.1 Å². The fourth-order valence-corrected chi connectivity index (χ4v) is 3.99. The molecule has 1 atom stereocenters. The van der Waals surface area contributed by atoms with Crippen molar-refractivity contribution in [1.82, 2.24) is 25.1 Å². The van der Waals surface area contributed by atoms with Crippen molar-refractivity contribution in [3.8, 4) is 22.5 Å². The van der Waals surface area contributed by atoms with Crippen LogP contribution in [0.4, 0.5) is 10.2 Å². The van der Waals surface area contributed by atoms with Crippen LogP contribution in [0.2, 0.25) is 0 Å². The summed E-state index contributed by atoms with van der Waals surface area (Å²) in [5.41, 5.74) is 4.17. The number of H-pyrrole nitrogens is 1. The Morgan fingerprint density at radius 2 is 2.03 bits per heavy atom. The molecule has 7 nitrogen and oxygen atoms in total. The first-order chi connectivity index (χ1) is 14.6. The van der Waals surface area contributed by atoms with Crippen LogP contribution in [-0.4, -0.2) is 50.9 Å². The minimum Gasteiger partial charge on any atom is -0.377 e. The van der Waals surface area contributed by atoms with Gasteiger partial charge in [-0.05, 0) is 49.2 Å². The number of morpholine rings is 1. The molecule has 1 aliphatic heterocycles. The van der Waals surface area contributed by atoms with E-state index in [2.05, 4.69) is 32.0 Å². The van der Waals surface area contributed by atoms with Crippen LogP contribution in [0.15, 0.2) is 42.9 Å². The highest BCUT2D eigenvalue weighted by molar-refractivity contribution is 6.02. The van der Waals surface area contributed by atoms with E-state index < -0.39 is 5.95 Å². The fourth-order valence-electron chi connectivity index (χ4n) is 3.99. The molecule has 8 heteroatoms. The van der Waals surface area contributed by atoms with Crippen LogP contribution in [0.25, 0.3) is 33.4 Å². The van der Waals surface area contributed by atoms with E-state index in [9.17, 15) is 4.39 Å². The first kappa shape index (κ1) is 18.6. The normalized spacial score (nSPS) is 16.9. The number of rotatable bonds is 3. The van der Waals surface area contributed by atoms with Gasteiger partial charge in [-0.3, -0.25) is 10.1 Å². The maximum absolute atomic E-state index is 14.9. The number of aromatic amines is 1. The second-order valence-electron chi connectivity index (χ2n) is 7.47. The molecule has 0 bridgehead atoms. The maximum atomic E-state index is 14.9. The molecule has 30 heavy (non-hydrogen) atoms. The molecule has 4 aromatic rings. The summed E-state index contributed by atoms with van der Waals surface area (Å²) in [6.07, 6.45) is 4.88. The van der Waals surface area contributed by atoms with Crippen LogP contribution in [0.1, 0.15) is 12.5 Å². The summed E-state index contributed by atoms with van der Waals surface area (Å²) in [6.45, 7) is 5.95. The molecule has 1 N–H and O–H groups in total. The molecule has 0 aliphatic carbocycles. The average Bonchev–Trinajstić information content (AvgIpc) is 3.28. The quantitative estimate of drug-likeness (QED) is 0.524. The second-order valence-corrected chi connectivity index (χ2v) is 7.47. The van der Waals surface area contributed by atoms with Crippen LogP contribution < -0.4 is 4.90 Å². The van der Waals surface area contributed by atoms with Crippen molar-refractivity contribution in [2.24, 2.45) is 0 Å². The molecule has 0 radical (unpaired) electrons. The Labute approximate surface area is 173 Å². The molecule has 0 spiro atoms. The molecule has 1 saturated heterocycles. The van der Waals surface area contributed by atoms with Gasteiger partial charge >= 0.3 is 0 Å². The van der Waals surface area contributed by atoms with Crippen LogP contribution >= 0.6 is 0 Å². The topological polar surface area (TPSA) is 79.8 Å². The predicted molar refractivity (Wildman–Crippen MR) is 113 cm³/mol. The minimum absolute atomic E-state index is 0.156. The zero-order valence-corrected chi connectivity index (χ0v) is 16.8. The number of ether oxygens (including phenoxy) is 1. The van der Waals surface area contributed by atoms with Gasteiger partial charge in [-0.25, -0.2) is 9.97 Å². The van der Waals surface area contributed by atoms with E-state index in [0.29, 0.717) is 36.5 Å². The molecule has 0 saturated carbocycles. The van der Waals surface area contributed by atoms with Crippen molar-refractivity contribution in [1.29, 1.82) is 0 Å². The van der Waals surface area contributed by atoms with Gasteiger partial charge in [0.15, 0.2) is 0 Å². The highest BCUT2D eigenvalue weighted by Gasteiger charge is 2.24. The van der Waals surface area contributed by atoms with Gasteiger partial charge < -0.3 is 9.64 Å². The van der Waals surface area contributed by atoms with E-state index in [1.807, 2.05) is 31.2 Å². The second kappa shape index (κ2) is 7.46. The van der Waals surface area contributed by atoms with E-state index in [1.54, 1.807) is 12.4 Å². The average molecular weight is 404 g/mol. The summed E-state index contributed by atoms with van der Waals surface area (Å²) in [7, 11) is 0. The number of aromatic nitrogens is 5. The fraction of sp³-hybridized carbons (Fsp3) is 0.273. The third kappa shape index (κ3) is 3.09. The van der Waals surface area contributed by atoms with Gasteiger partial charge in [0.1, 0.15) is 17.0 Å². The number of anilines is 1. The number of hydrogen-bond donors (Lipinski definition) is 1. The van der Waals surface area contributed by atoms with Crippen molar-refractivity contribution in [2.75, 3.05) is 24.7 Å². The molecular formula is C22H21FN6O. The third-order valence-corrected chi connectivity index (χ3v) is 5.51. The largest absolute Gasteiger partial charge is 0.377 e. The number of aryl methyl sites for hydroxylation is 1. The van der Waals surface area contributed by atoms with E-state index in [0.717, 1.165) is 28.0 Å². The first-order valence-electron chi connectivity index (χ1n) is 9.89. The lowest BCUT2D eigenvalue weighted by molar-refractivity contribution is 0.0986. The molecular weight excluding hydrogens is 383 g/mol. The molecule has 1 aliphatic rings. The molecule has 5 heterocycles. The van der Waals surface area contributed by atoms with Gasteiger partial charge in [0.05, 0.1) is 24.9 Å². The number of nitrogens with zero attached hydrogens (tertiary/aromatic N) is 5. The molecule has 152 valence electrons. The maximum Gasteiger partial charge on any atom is 0.220 e. The van der Waals surface area contributed by atoms with Gasteiger partial charge in [0.2, 0.25) is 5.95 Å². The minimum atomic E-state index is -0.497. The summed E-state index contributed by atoms with van der Waals surface area (Å²) in [5.74, 6) is 0.271. The smallest absolute Gasteiger partial charge is 0.220 e. The monoisotopic (exact) mass is 404 g/mol. The number of hydrogen-bond acceptors (Lipinski definition) is 6. The van der Waals surface area contributed by atoms with Gasteiger partial charge in [-0.15, -0.1) is 0 Å². The van der Waals surface area contributed by atoms with Crippen molar-refractivity contribution in [3.63, 3.8) is 0 Å². The van der Waals surface area contributed by atoms with E-state index in [1.165, 1.54) is 6.20 Å². The van der Waals surface area contributed by atoms with Gasteiger partial charge in [-0.2, -0.15) is 9.49 Å². The Balaban J connectivity index is 1.83. The summed E-state index contributed by atoms with van der Waals surface area (Å²) < 4.78 is 20.5. The zero-order valence-electron chi connectivity index (χ0n) is 16.8. The standard InChI is InChI=1S/C22H21FN6O/c1-13-3-6-25-22(23)19(13)16-11-18(29-9-10-30-12-14(29)2)27-20-15(16)4-7-24-21(20)17-5-8-26-28-17/h3-8,11,14H,9-10,12H2,1-2H3,(H,26,28)/t14-/m1/s1. The lowest BCUT2D eigenvalue weighted by atomic mass is 9.97. The number of pyridine rings is 3. The van der Waals surface area contributed by atoms with E-state index in [4.69, 9.17) is 9.72 Å². The number of halogens is 1. The molecule has 5 rings (SSSR count). The Bertz CT molecular complexity index is 1190. The van der Waals surface area contributed by atoms with Crippen LogP contribution in [0, 0.1) is 12.9 Å². The lowest BCUT2D eigenvalue weighted by Gasteiger charge is -2.34. The van der Waals surface area contributed by atoms with Crippen molar-refractivity contribution in [3.05, 3.63) is 54.4 Å². The number of nitrogens with one attached hydrogen (secondary N) is 1. The Kier molecular flexibility index (Phi) is 4.63. The van der Waals surface area contributed by atoms with Crippen molar-refractivity contribution >= 4 is 16.7 Å². The predicted octanol–water partition coefficient (Wildman–Crippen LogP) is 3.75. The molecule has 0 unspecified atom stereocenters. The van der Waals surface area contributed by atoms with Crippen molar-refractivity contribution in [2.45, 2.75) is 19.9 Å². The summed E-state index contributed by atoms with van der Waals surface area (Å²) >= 11 is 0. The van der Waals surface area contributed by atoms with Crippen LogP contribution in [0.5, 0.6) is 0 Å². The Morgan fingerprint density at radius 3 is 2.80 bits per heavy atom. The highest BCUT2D eigenvalue weighted by Crippen LogP contribution is 2.37. The van der Waals surface area contributed by atoms with Gasteiger partial charge in [-0.1, -0.05) is 0 Å². The SMILES string of the molecule is Cc1ccnc(F)c1-c1cc(N2CCOC[C@H]2C)nc2c(-c3ccn[nH]3)nccc12. The highest BCUT2D eigenvalue weighted by atomic mass is 19.1. The van der Waals surface area contributed by atoms with E-state index >= 15 is 0 Å². The zero-order chi connectivity index (χ0) is 20.7. The van der Waals surface area contributed by atoms with Crippen molar-refractivity contribution < 1.29 is 9.13 Å². The number of fused-ring (bicyclic) bond motifs is 1. The summed E-state index contributed by atoms with van der Waals surface area (Å²) in [5, 5.41) is 7.83. The molecule has 4 aromatic heterocycles. The molecule has 0 aromatic carbocycles. The van der Waals surface area contributed by atoms with Crippen LogP contribution in [-0.2, 0) is 4.74 Å². The summed E-state index contributed by atoms with van der Waals surface area (Å²) in [4.78, 5) is 15.6.